The number of hydrogen-bond acceptors (Lipinski definition) is 0. The molecule has 0 spiro atoms. The van der Waals surface area contributed by atoms with Gasteiger partial charge in [0.1, 0.15) is 5.67 Å². The Kier molecular flexibility index (Phi) is 2.47. The third-order valence-corrected chi connectivity index (χ3v) is 2.10. The standard InChI is InChI=1S/C9H14F/c1-2-6-9(10)7-4-3-5-8-9/h2,6H,1,3-5,7-8H2. The molecule has 0 heterocycles. The Labute approximate surface area is 62.1 Å². The molecule has 10 heavy (non-hydrogen) atoms. The van der Waals surface area contributed by atoms with Crippen molar-refractivity contribution in [2.75, 3.05) is 0 Å². The number of hydrogen-bond donors (Lipinski definition) is 0. The predicted octanol–water partition coefficient (Wildman–Crippen LogP) is 3.05. The highest BCUT2D eigenvalue weighted by Crippen LogP contribution is 2.33. The summed E-state index contributed by atoms with van der Waals surface area (Å²) < 4.78 is 13.4. The van der Waals surface area contributed by atoms with Crippen molar-refractivity contribution in [3.8, 4) is 0 Å². The first-order valence-corrected chi connectivity index (χ1v) is 3.93. The molecule has 0 aromatic carbocycles. The molecular weight excluding hydrogens is 127 g/mol. The molecule has 1 aliphatic rings. The molecule has 0 bridgehead atoms. The van der Waals surface area contributed by atoms with Gasteiger partial charge in [0.15, 0.2) is 0 Å². The summed E-state index contributed by atoms with van der Waals surface area (Å²) in [6, 6.07) is 0. The van der Waals surface area contributed by atoms with Gasteiger partial charge in [-0.05, 0) is 12.8 Å². The van der Waals surface area contributed by atoms with Gasteiger partial charge in [-0.1, -0.05) is 25.3 Å². The van der Waals surface area contributed by atoms with E-state index in [4.69, 9.17) is 0 Å². The molecule has 1 saturated carbocycles. The van der Waals surface area contributed by atoms with Gasteiger partial charge in [-0.2, -0.15) is 0 Å². The van der Waals surface area contributed by atoms with E-state index in [0.717, 1.165) is 12.8 Å². The van der Waals surface area contributed by atoms with E-state index in [-0.39, 0.29) is 0 Å². The fraction of sp³-hybridized carbons (Fsp3) is 0.667. The highest BCUT2D eigenvalue weighted by molar-refractivity contribution is 5.04. The lowest BCUT2D eigenvalue weighted by atomic mass is 9.84. The first-order valence-electron chi connectivity index (χ1n) is 3.93. The number of alkyl halides is 1. The van der Waals surface area contributed by atoms with Crippen LogP contribution in [-0.2, 0) is 0 Å². The van der Waals surface area contributed by atoms with Crippen LogP contribution in [0.15, 0.2) is 12.7 Å². The van der Waals surface area contributed by atoms with Gasteiger partial charge in [0.05, 0.1) is 0 Å². The van der Waals surface area contributed by atoms with Crippen LogP contribution in [0.1, 0.15) is 32.1 Å². The normalized spacial score (nSPS) is 24.1. The summed E-state index contributed by atoms with van der Waals surface area (Å²) in [4.78, 5) is 0. The molecule has 0 amide bonds. The van der Waals surface area contributed by atoms with Crippen molar-refractivity contribution in [3.63, 3.8) is 0 Å². The van der Waals surface area contributed by atoms with Crippen molar-refractivity contribution in [1.29, 1.82) is 0 Å². The summed E-state index contributed by atoms with van der Waals surface area (Å²) in [5.41, 5.74) is -1.01. The number of rotatable bonds is 2. The van der Waals surface area contributed by atoms with E-state index in [1.165, 1.54) is 6.42 Å². The molecule has 0 aromatic rings. The molecule has 0 atom stereocenters. The van der Waals surface area contributed by atoms with E-state index in [9.17, 15) is 4.39 Å². The zero-order chi connectivity index (χ0) is 7.45. The molecule has 1 fully saturated rings. The van der Waals surface area contributed by atoms with Gasteiger partial charge < -0.3 is 0 Å². The van der Waals surface area contributed by atoms with Crippen LogP contribution in [0, 0.1) is 6.42 Å². The zero-order valence-electron chi connectivity index (χ0n) is 6.28. The van der Waals surface area contributed by atoms with Gasteiger partial charge in [0.25, 0.3) is 0 Å². The number of allylic oxidation sites excluding steroid dienone is 1. The quantitative estimate of drug-likeness (QED) is 0.554. The summed E-state index contributed by atoms with van der Waals surface area (Å²) >= 11 is 0. The lowest BCUT2D eigenvalue weighted by molar-refractivity contribution is 0.149. The Bertz CT molecular complexity index is 112. The average molecular weight is 141 g/mol. The van der Waals surface area contributed by atoms with E-state index in [1.54, 1.807) is 12.5 Å². The van der Waals surface area contributed by atoms with Crippen LogP contribution in [0.3, 0.4) is 0 Å². The summed E-state index contributed by atoms with van der Waals surface area (Å²) in [5.74, 6) is 0. The topological polar surface area (TPSA) is 0 Å². The third kappa shape index (κ3) is 1.83. The second-order valence-electron chi connectivity index (χ2n) is 3.00. The Balaban J connectivity index is 2.39. The van der Waals surface area contributed by atoms with E-state index >= 15 is 0 Å². The monoisotopic (exact) mass is 141 g/mol. The van der Waals surface area contributed by atoms with Crippen LogP contribution >= 0.6 is 0 Å². The second-order valence-corrected chi connectivity index (χ2v) is 3.00. The van der Waals surface area contributed by atoms with Crippen LogP contribution < -0.4 is 0 Å². The molecule has 1 heteroatoms. The molecule has 0 N–H and O–H groups in total. The second kappa shape index (κ2) is 3.18. The highest BCUT2D eigenvalue weighted by atomic mass is 19.1. The summed E-state index contributed by atoms with van der Waals surface area (Å²) in [7, 11) is 0. The lowest BCUT2D eigenvalue weighted by Crippen LogP contribution is -2.25. The van der Waals surface area contributed by atoms with E-state index in [0.29, 0.717) is 12.8 Å². The molecule has 0 unspecified atom stereocenters. The van der Waals surface area contributed by atoms with Crippen molar-refractivity contribution in [1.82, 2.24) is 0 Å². The summed E-state index contributed by atoms with van der Waals surface area (Å²) in [6.07, 6.45) is 7.81. The fourth-order valence-corrected chi connectivity index (χ4v) is 1.52. The van der Waals surface area contributed by atoms with Crippen molar-refractivity contribution in [3.05, 3.63) is 19.1 Å². The molecule has 1 rings (SSSR count). The van der Waals surface area contributed by atoms with Gasteiger partial charge in [0, 0.05) is 6.42 Å². The molecule has 0 saturated heterocycles. The van der Waals surface area contributed by atoms with Gasteiger partial charge >= 0.3 is 0 Å². The molecule has 1 aliphatic carbocycles. The first-order chi connectivity index (χ1) is 4.77. The Morgan fingerprint density at radius 3 is 2.30 bits per heavy atom. The largest absolute Gasteiger partial charge is 0.243 e. The van der Waals surface area contributed by atoms with Crippen molar-refractivity contribution < 1.29 is 4.39 Å². The van der Waals surface area contributed by atoms with Crippen molar-refractivity contribution in [2.45, 2.75) is 37.8 Å². The minimum absolute atomic E-state index is 0.693. The number of halogens is 1. The maximum absolute atomic E-state index is 13.4. The van der Waals surface area contributed by atoms with Gasteiger partial charge in [-0.15, -0.1) is 6.58 Å². The summed E-state index contributed by atoms with van der Waals surface area (Å²) in [6.45, 7) is 3.50. The highest BCUT2D eigenvalue weighted by Gasteiger charge is 2.29. The smallest absolute Gasteiger partial charge is 0.118 e. The van der Waals surface area contributed by atoms with Crippen molar-refractivity contribution in [2.24, 2.45) is 0 Å². The predicted molar refractivity (Wildman–Crippen MR) is 41.4 cm³/mol. The van der Waals surface area contributed by atoms with E-state index in [1.807, 2.05) is 0 Å². The summed E-state index contributed by atoms with van der Waals surface area (Å²) in [5, 5.41) is 0. The first kappa shape index (κ1) is 7.77. The maximum atomic E-state index is 13.4. The molecular formula is C9H14F. The molecule has 0 nitrogen and oxygen atoms in total. The SMILES string of the molecule is C=C[CH]C1(F)CCCCC1. The zero-order valence-corrected chi connectivity index (χ0v) is 6.28. The van der Waals surface area contributed by atoms with Crippen LogP contribution in [0.4, 0.5) is 4.39 Å². The van der Waals surface area contributed by atoms with Crippen LogP contribution in [-0.4, -0.2) is 5.67 Å². The van der Waals surface area contributed by atoms with Crippen LogP contribution in [0.2, 0.25) is 0 Å². The molecule has 1 radical (unpaired) electrons. The Morgan fingerprint density at radius 1 is 1.20 bits per heavy atom. The van der Waals surface area contributed by atoms with Crippen LogP contribution in [0.25, 0.3) is 0 Å². The van der Waals surface area contributed by atoms with Crippen LogP contribution in [0.5, 0.6) is 0 Å². The Morgan fingerprint density at radius 2 is 1.80 bits per heavy atom. The maximum Gasteiger partial charge on any atom is 0.118 e. The van der Waals surface area contributed by atoms with E-state index in [2.05, 4.69) is 6.58 Å². The van der Waals surface area contributed by atoms with Gasteiger partial charge in [-0.25, -0.2) is 4.39 Å². The van der Waals surface area contributed by atoms with Crippen molar-refractivity contribution >= 4 is 0 Å². The molecule has 0 aliphatic heterocycles. The van der Waals surface area contributed by atoms with Gasteiger partial charge in [0.2, 0.25) is 0 Å². The molecule has 57 valence electrons. The van der Waals surface area contributed by atoms with Gasteiger partial charge in [-0.3, -0.25) is 0 Å². The fourth-order valence-electron chi connectivity index (χ4n) is 1.52. The lowest BCUT2D eigenvalue weighted by Gasteiger charge is -2.27. The third-order valence-electron chi connectivity index (χ3n) is 2.10. The molecule has 0 aromatic heterocycles. The van der Waals surface area contributed by atoms with E-state index < -0.39 is 5.67 Å². The average Bonchev–Trinajstić information content (AvgIpc) is 1.89. The minimum atomic E-state index is -1.01. The Hall–Kier alpha value is -0.330. The minimum Gasteiger partial charge on any atom is -0.243 e.